The van der Waals surface area contributed by atoms with Gasteiger partial charge >= 0.3 is 5.97 Å². The Morgan fingerprint density at radius 1 is 1.47 bits per heavy atom. The molecule has 0 saturated carbocycles. The Bertz CT molecular complexity index is 316. The number of hydrogen-bond donors (Lipinski definition) is 2. The highest BCUT2D eigenvalue weighted by atomic mass is 19.1. The Balaban J connectivity index is 2.62. The van der Waals surface area contributed by atoms with Gasteiger partial charge in [-0.15, -0.1) is 0 Å². The minimum absolute atomic E-state index is 0.178. The summed E-state index contributed by atoms with van der Waals surface area (Å²) in [6.07, 6.45) is 0. The standard InChI is InChI=1S/C11H14FNO2/c1-8(9-5-3-2-4-6-9)13-10(7-12)11(14)15/h2-6,8,10,13H,7H2,1H3,(H,14,15)/t8-,10-/m1/s1. The maximum atomic E-state index is 12.3. The Labute approximate surface area is 87.9 Å². The molecule has 0 radical (unpaired) electrons. The number of alkyl halides is 1. The van der Waals surface area contributed by atoms with Gasteiger partial charge in [-0.1, -0.05) is 30.3 Å². The fourth-order valence-electron chi connectivity index (χ4n) is 1.32. The van der Waals surface area contributed by atoms with E-state index in [9.17, 15) is 9.18 Å². The van der Waals surface area contributed by atoms with E-state index in [0.29, 0.717) is 0 Å². The van der Waals surface area contributed by atoms with E-state index in [2.05, 4.69) is 5.32 Å². The number of carboxylic acid groups (broad SMARTS) is 1. The van der Waals surface area contributed by atoms with Crippen LogP contribution in [0.3, 0.4) is 0 Å². The number of nitrogens with one attached hydrogen (secondary N) is 1. The van der Waals surface area contributed by atoms with Crippen LogP contribution in [0.5, 0.6) is 0 Å². The summed E-state index contributed by atoms with van der Waals surface area (Å²) in [5, 5.41) is 11.4. The van der Waals surface area contributed by atoms with Crippen LogP contribution in [-0.2, 0) is 4.79 Å². The van der Waals surface area contributed by atoms with Gasteiger partial charge < -0.3 is 5.11 Å². The maximum absolute atomic E-state index is 12.3. The molecule has 0 aliphatic carbocycles. The van der Waals surface area contributed by atoms with Gasteiger partial charge in [0.1, 0.15) is 12.7 Å². The number of carboxylic acids is 1. The third kappa shape index (κ3) is 3.32. The molecule has 0 amide bonds. The number of rotatable bonds is 5. The third-order valence-corrected chi connectivity index (χ3v) is 2.20. The van der Waals surface area contributed by atoms with Crippen LogP contribution >= 0.6 is 0 Å². The van der Waals surface area contributed by atoms with Crippen molar-refractivity contribution in [3.05, 3.63) is 35.9 Å². The summed E-state index contributed by atoms with van der Waals surface area (Å²) >= 11 is 0. The molecule has 0 aliphatic heterocycles. The topological polar surface area (TPSA) is 49.3 Å². The predicted molar refractivity (Wildman–Crippen MR) is 55.4 cm³/mol. The average Bonchev–Trinajstić information content (AvgIpc) is 2.26. The summed E-state index contributed by atoms with van der Waals surface area (Å²) in [4.78, 5) is 10.6. The molecule has 3 nitrogen and oxygen atoms in total. The first-order valence-electron chi connectivity index (χ1n) is 4.75. The van der Waals surface area contributed by atoms with Crippen molar-refractivity contribution < 1.29 is 14.3 Å². The molecular weight excluding hydrogens is 197 g/mol. The van der Waals surface area contributed by atoms with Gasteiger partial charge in [0.2, 0.25) is 0 Å². The van der Waals surface area contributed by atoms with Gasteiger partial charge in [0, 0.05) is 6.04 Å². The van der Waals surface area contributed by atoms with Gasteiger partial charge in [-0.3, -0.25) is 10.1 Å². The van der Waals surface area contributed by atoms with Gasteiger partial charge in [-0.05, 0) is 12.5 Å². The van der Waals surface area contributed by atoms with Crippen molar-refractivity contribution in [2.45, 2.75) is 19.0 Å². The summed E-state index contributed by atoms with van der Waals surface area (Å²) in [6, 6.07) is 8.02. The smallest absolute Gasteiger partial charge is 0.323 e. The van der Waals surface area contributed by atoms with Gasteiger partial charge in [0.15, 0.2) is 0 Å². The molecule has 0 bridgehead atoms. The molecule has 4 heteroatoms. The van der Waals surface area contributed by atoms with Crippen LogP contribution < -0.4 is 5.32 Å². The molecule has 1 aromatic rings. The normalized spacial score (nSPS) is 14.5. The molecular formula is C11H14FNO2. The highest BCUT2D eigenvalue weighted by molar-refractivity contribution is 5.73. The van der Waals surface area contributed by atoms with Crippen LogP contribution in [0.1, 0.15) is 18.5 Å². The van der Waals surface area contributed by atoms with Crippen molar-refractivity contribution in [2.75, 3.05) is 6.67 Å². The van der Waals surface area contributed by atoms with Gasteiger partial charge in [-0.2, -0.15) is 0 Å². The van der Waals surface area contributed by atoms with E-state index in [4.69, 9.17) is 5.11 Å². The zero-order chi connectivity index (χ0) is 11.3. The molecule has 0 aliphatic rings. The summed E-state index contributed by atoms with van der Waals surface area (Å²) in [5.74, 6) is -1.17. The Morgan fingerprint density at radius 2 is 2.07 bits per heavy atom. The summed E-state index contributed by atoms with van der Waals surface area (Å²) in [6.45, 7) is 0.896. The molecule has 2 N–H and O–H groups in total. The summed E-state index contributed by atoms with van der Waals surface area (Å²) in [7, 11) is 0. The second-order valence-electron chi connectivity index (χ2n) is 3.34. The fourth-order valence-corrected chi connectivity index (χ4v) is 1.32. The first-order valence-corrected chi connectivity index (χ1v) is 4.75. The van der Waals surface area contributed by atoms with E-state index >= 15 is 0 Å². The molecule has 1 aromatic carbocycles. The Hall–Kier alpha value is -1.42. The molecule has 0 aromatic heterocycles. The van der Waals surface area contributed by atoms with E-state index in [1.807, 2.05) is 30.3 Å². The Kier molecular flexibility index (Phi) is 4.24. The molecule has 0 heterocycles. The summed E-state index contributed by atoms with van der Waals surface area (Å²) < 4.78 is 12.3. The predicted octanol–water partition coefficient (Wildman–Crippen LogP) is 1.76. The average molecular weight is 211 g/mol. The van der Waals surface area contributed by atoms with Crippen LogP contribution in [0.4, 0.5) is 4.39 Å². The quantitative estimate of drug-likeness (QED) is 0.780. The van der Waals surface area contributed by atoms with Crippen LogP contribution in [0.25, 0.3) is 0 Å². The molecule has 0 spiro atoms. The number of halogens is 1. The highest BCUT2D eigenvalue weighted by Gasteiger charge is 2.19. The number of carbonyl (C=O) groups is 1. The van der Waals surface area contributed by atoms with Crippen LogP contribution in [0, 0.1) is 0 Å². The Morgan fingerprint density at radius 3 is 2.53 bits per heavy atom. The second kappa shape index (κ2) is 5.46. The molecule has 2 atom stereocenters. The van der Waals surface area contributed by atoms with Crippen molar-refractivity contribution in [1.82, 2.24) is 5.32 Å². The molecule has 0 fully saturated rings. The van der Waals surface area contributed by atoms with Crippen molar-refractivity contribution >= 4 is 5.97 Å². The molecule has 1 rings (SSSR count). The molecule has 0 saturated heterocycles. The zero-order valence-corrected chi connectivity index (χ0v) is 8.48. The number of hydrogen-bond acceptors (Lipinski definition) is 2. The van der Waals surface area contributed by atoms with Crippen molar-refractivity contribution in [2.24, 2.45) is 0 Å². The lowest BCUT2D eigenvalue weighted by atomic mass is 10.1. The minimum Gasteiger partial charge on any atom is -0.480 e. The lowest BCUT2D eigenvalue weighted by molar-refractivity contribution is -0.140. The molecule has 82 valence electrons. The number of aliphatic carboxylic acids is 1. The van der Waals surface area contributed by atoms with Gasteiger partial charge in [0.25, 0.3) is 0 Å². The van der Waals surface area contributed by atoms with Crippen LogP contribution in [0.2, 0.25) is 0 Å². The monoisotopic (exact) mass is 211 g/mol. The van der Waals surface area contributed by atoms with Crippen molar-refractivity contribution in [3.63, 3.8) is 0 Å². The van der Waals surface area contributed by atoms with Crippen molar-refractivity contribution in [3.8, 4) is 0 Å². The van der Waals surface area contributed by atoms with Crippen molar-refractivity contribution in [1.29, 1.82) is 0 Å². The summed E-state index contributed by atoms with van der Waals surface area (Å²) in [5.41, 5.74) is 0.942. The number of benzene rings is 1. The minimum atomic E-state index is -1.17. The maximum Gasteiger partial charge on any atom is 0.323 e. The lowest BCUT2D eigenvalue weighted by Crippen LogP contribution is -2.39. The highest BCUT2D eigenvalue weighted by Crippen LogP contribution is 2.12. The lowest BCUT2D eigenvalue weighted by Gasteiger charge is -2.18. The van der Waals surface area contributed by atoms with Gasteiger partial charge in [-0.25, -0.2) is 4.39 Å². The molecule has 15 heavy (non-hydrogen) atoms. The van der Waals surface area contributed by atoms with Gasteiger partial charge in [0.05, 0.1) is 0 Å². The zero-order valence-electron chi connectivity index (χ0n) is 8.48. The SMILES string of the molecule is C[C@@H](N[C@H](CF)C(=O)O)c1ccccc1. The van der Waals surface area contributed by atoms with Crippen LogP contribution in [-0.4, -0.2) is 23.8 Å². The first-order chi connectivity index (χ1) is 7.15. The van der Waals surface area contributed by atoms with E-state index in [-0.39, 0.29) is 6.04 Å². The van der Waals surface area contributed by atoms with E-state index in [1.165, 1.54) is 0 Å². The van der Waals surface area contributed by atoms with Crippen LogP contribution in [0.15, 0.2) is 30.3 Å². The van der Waals surface area contributed by atoms with E-state index < -0.39 is 18.7 Å². The van der Waals surface area contributed by atoms with E-state index in [1.54, 1.807) is 6.92 Å². The third-order valence-electron chi connectivity index (χ3n) is 2.20. The van der Waals surface area contributed by atoms with E-state index in [0.717, 1.165) is 5.56 Å². The largest absolute Gasteiger partial charge is 0.480 e. The second-order valence-corrected chi connectivity index (χ2v) is 3.34. The first kappa shape index (κ1) is 11.7. The molecule has 0 unspecified atom stereocenters. The fraction of sp³-hybridized carbons (Fsp3) is 0.364.